The van der Waals surface area contributed by atoms with Gasteiger partial charge in [-0.1, -0.05) is 26.0 Å². The first-order valence-corrected chi connectivity index (χ1v) is 9.62. The molecule has 2 atom stereocenters. The fourth-order valence-corrected chi connectivity index (χ4v) is 3.42. The van der Waals surface area contributed by atoms with Gasteiger partial charge in [0.1, 0.15) is 11.8 Å². The standard InChI is InChI=1S/C23H23NO6/c1-13(2)19(24-21(26)17-7-5-6-8-18(17)22(24)27)23(28)30-14(3)20(25)15-9-11-16(29-4)12-10-15/h5-14,19H,1-4H3/t14-,19+/m0/s1. The van der Waals surface area contributed by atoms with Gasteiger partial charge in [0.05, 0.1) is 18.2 Å². The molecule has 1 aliphatic rings. The second kappa shape index (κ2) is 8.49. The monoisotopic (exact) mass is 409 g/mol. The molecule has 0 aliphatic carbocycles. The molecule has 0 aromatic heterocycles. The van der Waals surface area contributed by atoms with Gasteiger partial charge in [0.2, 0.25) is 5.78 Å². The number of nitrogens with zero attached hydrogens (tertiary/aromatic N) is 1. The van der Waals surface area contributed by atoms with Crippen molar-refractivity contribution in [1.82, 2.24) is 4.90 Å². The van der Waals surface area contributed by atoms with Crippen molar-refractivity contribution in [3.05, 3.63) is 65.2 Å². The molecule has 0 saturated carbocycles. The second-order valence-electron chi connectivity index (χ2n) is 7.39. The van der Waals surface area contributed by atoms with Crippen LogP contribution in [0.2, 0.25) is 0 Å². The quantitative estimate of drug-likeness (QED) is 0.396. The molecule has 0 N–H and O–H groups in total. The maximum Gasteiger partial charge on any atom is 0.330 e. The number of rotatable bonds is 7. The summed E-state index contributed by atoms with van der Waals surface area (Å²) in [6, 6.07) is 11.7. The maximum absolute atomic E-state index is 12.9. The summed E-state index contributed by atoms with van der Waals surface area (Å²) in [4.78, 5) is 52.0. The zero-order chi connectivity index (χ0) is 22.0. The van der Waals surface area contributed by atoms with Gasteiger partial charge in [-0.2, -0.15) is 0 Å². The predicted molar refractivity (Wildman–Crippen MR) is 108 cm³/mol. The van der Waals surface area contributed by atoms with E-state index in [2.05, 4.69) is 0 Å². The minimum Gasteiger partial charge on any atom is -0.497 e. The van der Waals surface area contributed by atoms with Crippen LogP contribution in [0.4, 0.5) is 0 Å². The molecule has 0 unspecified atom stereocenters. The number of hydrogen-bond acceptors (Lipinski definition) is 6. The number of carbonyl (C=O) groups is 4. The molecule has 0 bridgehead atoms. The Labute approximate surface area is 174 Å². The first-order chi connectivity index (χ1) is 14.3. The van der Waals surface area contributed by atoms with Gasteiger partial charge in [-0.15, -0.1) is 0 Å². The van der Waals surface area contributed by atoms with Crippen molar-refractivity contribution in [2.24, 2.45) is 5.92 Å². The molecule has 0 radical (unpaired) electrons. The Morgan fingerprint density at radius 3 is 1.87 bits per heavy atom. The molecule has 7 nitrogen and oxygen atoms in total. The molecule has 3 rings (SSSR count). The van der Waals surface area contributed by atoms with Crippen LogP contribution in [0.5, 0.6) is 5.75 Å². The van der Waals surface area contributed by atoms with E-state index in [1.165, 1.54) is 14.0 Å². The second-order valence-corrected chi connectivity index (χ2v) is 7.39. The van der Waals surface area contributed by atoms with E-state index in [1.54, 1.807) is 62.4 Å². The van der Waals surface area contributed by atoms with Crippen molar-refractivity contribution in [2.45, 2.75) is 32.9 Å². The molecular weight excluding hydrogens is 386 g/mol. The highest BCUT2D eigenvalue weighted by Crippen LogP contribution is 2.28. The summed E-state index contributed by atoms with van der Waals surface area (Å²) in [5.41, 5.74) is 0.865. The van der Waals surface area contributed by atoms with Crippen molar-refractivity contribution in [1.29, 1.82) is 0 Å². The fourth-order valence-electron chi connectivity index (χ4n) is 3.42. The molecule has 0 saturated heterocycles. The number of Topliss-reactive ketones (excluding diaryl/α,β-unsaturated/α-hetero) is 1. The van der Waals surface area contributed by atoms with E-state index < -0.39 is 41.6 Å². The third-order valence-electron chi connectivity index (χ3n) is 5.01. The summed E-state index contributed by atoms with van der Waals surface area (Å²) in [6.45, 7) is 4.89. The first-order valence-electron chi connectivity index (χ1n) is 9.62. The number of ketones is 1. The lowest BCUT2D eigenvalue weighted by molar-refractivity contribution is -0.152. The average molecular weight is 409 g/mol. The molecule has 1 aliphatic heterocycles. The molecule has 2 aromatic rings. The van der Waals surface area contributed by atoms with Crippen LogP contribution >= 0.6 is 0 Å². The van der Waals surface area contributed by atoms with Crippen molar-refractivity contribution in [3.8, 4) is 5.75 Å². The van der Waals surface area contributed by atoms with Crippen LogP contribution in [0.25, 0.3) is 0 Å². The van der Waals surface area contributed by atoms with Crippen LogP contribution in [0.3, 0.4) is 0 Å². The van der Waals surface area contributed by atoms with E-state index in [4.69, 9.17) is 9.47 Å². The van der Waals surface area contributed by atoms with Crippen LogP contribution in [-0.4, -0.2) is 47.7 Å². The topological polar surface area (TPSA) is 90.0 Å². The zero-order valence-corrected chi connectivity index (χ0v) is 17.2. The Balaban J connectivity index is 1.78. The number of ether oxygens (including phenoxy) is 2. The first kappa shape index (κ1) is 21.2. The van der Waals surface area contributed by atoms with Gasteiger partial charge in [-0.05, 0) is 49.2 Å². The molecule has 1 heterocycles. The van der Waals surface area contributed by atoms with E-state index >= 15 is 0 Å². The SMILES string of the molecule is COc1ccc(C(=O)[C@H](C)OC(=O)[C@@H](C(C)C)N2C(=O)c3ccccc3C2=O)cc1. The number of methoxy groups -OCH3 is 1. The van der Waals surface area contributed by atoms with E-state index in [0.29, 0.717) is 11.3 Å². The summed E-state index contributed by atoms with van der Waals surface area (Å²) in [5.74, 6) is -2.07. The number of amides is 2. The van der Waals surface area contributed by atoms with Gasteiger partial charge in [-0.3, -0.25) is 19.3 Å². The highest BCUT2D eigenvalue weighted by molar-refractivity contribution is 6.22. The molecule has 30 heavy (non-hydrogen) atoms. The summed E-state index contributed by atoms with van der Waals surface area (Å²) in [7, 11) is 1.52. The van der Waals surface area contributed by atoms with Gasteiger partial charge in [0.25, 0.3) is 11.8 Å². The van der Waals surface area contributed by atoms with E-state index in [0.717, 1.165) is 4.90 Å². The van der Waals surface area contributed by atoms with Crippen LogP contribution in [0.1, 0.15) is 51.8 Å². The van der Waals surface area contributed by atoms with Crippen LogP contribution in [0, 0.1) is 5.92 Å². The summed E-state index contributed by atoms with van der Waals surface area (Å²) in [6.07, 6.45) is -1.08. The molecule has 2 aromatic carbocycles. The molecule has 0 spiro atoms. The molecule has 156 valence electrons. The van der Waals surface area contributed by atoms with E-state index in [1.807, 2.05) is 0 Å². The Morgan fingerprint density at radius 2 is 1.40 bits per heavy atom. The van der Waals surface area contributed by atoms with Gasteiger partial charge < -0.3 is 9.47 Å². The number of esters is 1. The highest BCUT2D eigenvalue weighted by atomic mass is 16.5. The Bertz CT molecular complexity index is 960. The lowest BCUT2D eigenvalue weighted by Gasteiger charge is -2.28. The van der Waals surface area contributed by atoms with E-state index in [-0.39, 0.29) is 11.1 Å². The lowest BCUT2D eigenvalue weighted by atomic mass is 10.0. The lowest BCUT2D eigenvalue weighted by Crippen LogP contribution is -2.49. The largest absolute Gasteiger partial charge is 0.497 e. The predicted octanol–water partition coefficient (Wildman–Crippen LogP) is 3.13. The van der Waals surface area contributed by atoms with Crippen LogP contribution in [-0.2, 0) is 9.53 Å². The summed E-state index contributed by atoms with van der Waals surface area (Å²) in [5, 5.41) is 0. The third-order valence-corrected chi connectivity index (χ3v) is 5.01. The number of fused-ring (bicyclic) bond motifs is 1. The summed E-state index contributed by atoms with van der Waals surface area (Å²) >= 11 is 0. The van der Waals surface area contributed by atoms with Gasteiger partial charge >= 0.3 is 5.97 Å². The van der Waals surface area contributed by atoms with Crippen molar-refractivity contribution in [3.63, 3.8) is 0 Å². The van der Waals surface area contributed by atoms with Gasteiger partial charge in [0, 0.05) is 5.56 Å². The number of imide groups is 1. The Kier molecular flexibility index (Phi) is 6.01. The van der Waals surface area contributed by atoms with Crippen molar-refractivity contribution in [2.75, 3.05) is 7.11 Å². The zero-order valence-electron chi connectivity index (χ0n) is 17.2. The molecular formula is C23H23NO6. The molecule has 2 amide bonds. The Morgan fingerprint density at radius 1 is 0.867 bits per heavy atom. The minimum atomic E-state index is -1.14. The van der Waals surface area contributed by atoms with Gasteiger partial charge in [-0.25, -0.2) is 4.79 Å². The highest BCUT2D eigenvalue weighted by Gasteiger charge is 2.45. The fraction of sp³-hybridized carbons (Fsp3) is 0.304. The van der Waals surface area contributed by atoms with Crippen LogP contribution < -0.4 is 4.74 Å². The van der Waals surface area contributed by atoms with E-state index in [9.17, 15) is 19.2 Å². The van der Waals surface area contributed by atoms with Gasteiger partial charge in [0.15, 0.2) is 6.10 Å². The third kappa shape index (κ3) is 3.83. The number of benzene rings is 2. The average Bonchev–Trinajstić information content (AvgIpc) is 2.98. The number of hydrogen-bond donors (Lipinski definition) is 0. The summed E-state index contributed by atoms with van der Waals surface area (Å²) < 4.78 is 10.5. The smallest absolute Gasteiger partial charge is 0.330 e. The molecule has 7 heteroatoms. The van der Waals surface area contributed by atoms with Crippen molar-refractivity contribution < 1.29 is 28.7 Å². The minimum absolute atomic E-state index is 0.253. The maximum atomic E-state index is 12.9. The normalized spacial score (nSPS) is 15.0. The van der Waals surface area contributed by atoms with Crippen LogP contribution in [0.15, 0.2) is 48.5 Å². The Hall–Kier alpha value is -3.48. The number of carbonyl (C=O) groups excluding carboxylic acids is 4. The molecule has 0 fully saturated rings. The van der Waals surface area contributed by atoms with Crippen molar-refractivity contribution >= 4 is 23.6 Å².